The zero-order valence-electron chi connectivity index (χ0n) is 15.7. The van der Waals surface area contributed by atoms with Crippen molar-refractivity contribution in [2.75, 3.05) is 18.0 Å². The van der Waals surface area contributed by atoms with Crippen LogP contribution in [0.25, 0.3) is 22.4 Å². The Balaban J connectivity index is 1.99. The van der Waals surface area contributed by atoms with Gasteiger partial charge in [-0.3, -0.25) is 0 Å². The van der Waals surface area contributed by atoms with Crippen LogP contribution in [0.1, 0.15) is 30.5 Å². The van der Waals surface area contributed by atoms with Gasteiger partial charge in [0.2, 0.25) is 0 Å². The van der Waals surface area contributed by atoms with E-state index in [1.807, 2.05) is 24.3 Å². The average Bonchev–Trinajstić information content (AvgIpc) is 2.68. The van der Waals surface area contributed by atoms with E-state index in [2.05, 4.69) is 74.2 Å². The van der Waals surface area contributed by atoms with Crippen molar-refractivity contribution in [3.8, 4) is 6.07 Å². The smallest absolute Gasteiger partial charge is 0.0998 e. The number of fused-ring (bicyclic) bond motifs is 1. The van der Waals surface area contributed by atoms with E-state index in [0.29, 0.717) is 5.57 Å². The first kappa shape index (κ1) is 17.8. The SMILES string of the molecule is CCN(CC)c1ccc(/C=C(/C#N)c2ccc3ccccc3c2)c(C)c1. The van der Waals surface area contributed by atoms with Gasteiger partial charge in [-0.15, -0.1) is 0 Å². The highest BCUT2D eigenvalue weighted by molar-refractivity contribution is 5.94. The summed E-state index contributed by atoms with van der Waals surface area (Å²) in [4.78, 5) is 2.33. The van der Waals surface area contributed by atoms with Gasteiger partial charge < -0.3 is 4.90 Å². The van der Waals surface area contributed by atoms with Gasteiger partial charge in [-0.1, -0.05) is 42.5 Å². The van der Waals surface area contributed by atoms with E-state index in [1.165, 1.54) is 16.6 Å². The van der Waals surface area contributed by atoms with Crippen LogP contribution in [0.2, 0.25) is 0 Å². The summed E-state index contributed by atoms with van der Waals surface area (Å²) in [6.07, 6.45) is 1.99. The molecule has 26 heavy (non-hydrogen) atoms. The minimum Gasteiger partial charge on any atom is -0.372 e. The second-order valence-corrected chi connectivity index (χ2v) is 6.44. The van der Waals surface area contributed by atoms with Crippen molar-refractivity contribution in [3.63, 3.8) is 0 Å². The van der Waals surface area contributed by atoms with E-state index in [9.17, 15) is 5.26 Å². The van der Waals surface area contributed by atoms with Gasteiger partial charge in [0, 0.05) is 18.8 Å². The highest BCUT2D eigenvalue weighted by atomic mass is 15.1. The summed E-state index contributed by atoms with van der Waals surface area (Å²) < 4.78 is 0. The predicted octanol–water partition coefficient (Wildman–Crippen LogP) is 6.06. The summed E-state index contributed by atoms with van der Waals surface area (Å²) >= 11 is 0. The summed E-state index contributed by atoms with van der Waals surface area (Å²) in [5.41, 5.74) is 5.15. The lowest BCUT2D eigenvalue weighted by Gasteiger charge is -2.21. The molecule has 0 atom stereocenters. The quantitative estimate of drug-likeness (QED) is 0.417. The van der Waals surface area contributed by atoms with Crippen molar-refractivity contribution in [1.82, 2.24) is 0 Å². The Kier molecular flexibility index (Phi) is 5.39. The van der Waals surface area contributed by atoms with Crippen LogP contribution in [-0.2, 0) is 0 Å². The fraction of sp³-hybridized carbons (Fsp3) is 0.208. The lowest BCUT2D eigenvalue weighted by atomic mass is 9.98. The van der Waals surface area contributed by atoms with E-state index < -0.39 is 0 Å². The molecule has 0 fully saturated rings. The van der Waals surface area contributed by atoms with Crippen LogP contribution in [-0.4, -0.2) is 13.1 Å². The van der Waals surface area contributed by atoms with Crippen LogP contribution >= 0.6 is 0 Å². The molecule has 0 spiro atoms. The molecular weight excluding hydrogens is 316 g/mol. The largest absolute Gasteiger partial charge is 0.372 e. The molecule has 2 heteroatoms. The van der Waals surface area contributed by atoms with Crippen molar-refractivity contribution in [2.45, 2.75) is 20.8 Å². The van der Waals surface area contributed by atoms with Crippen molar-refractivity contribution in [2.24, 2.45) is 0 Å². The maximum Gasteiger partial charge on any atom is 0.0998 e. The molecule has 0 aliphatic heterocycles. The Labute approximate surface area is 156 Å². The van der Waals surface area contributed by atoms with Gasteiger partial charge in [0.05, 0.1) is 11.6 Å². The topological polar surface area (TPSA) is 27.0 Å². The third-order valence-electron chi connectivity index (χ3n) is 4.86. The van der Waals surface area contributed by atoms with E-state index >= 15 is 0 Å². The van der Waals surface area contributed by atoms with Gasteiger partial charge in [0.1, 0.15) is 0 Å². The maximum absolute atomic E-state index is 9.70. The summed E-state index contributed by atoms with van der Waals surface area (Å²) in [5.74, 6) is 0. The standard InChI is InChI=1S/C24H24N2/c1-4-26(5-2)24-13-12-20(18(3)14-24)15-23(17-25)22-11-10-19-8-6-7-9-21(19)16-22/h6-16H,4-5H2,1-3H3/b23-15-. The molecule has 0 radical (unpaired) electrons. The molecular formula is C24H24N2. The number of nitriles is 1. The molecule has 0 N–H and O–H groups in total. The van der Waals surface area contributed by atoms with Gasteiger partial charge >= 0.3 is 0 Å². The molecule has 0 saturated carbocycles. The molecule has 0 saturated heterocycles. The summed E-state index contributed by atoms with van der Waals surface area (Å²) in [6.45, 7) is 8.42. The zero-order chi connectivity index (χ0) is 18.5. The van der Waals surface area contributed by atoms with Crippen molar-refractivity contribution in [1.29, 1.82) is 5.26 Å². The van der Waals surface area contributed by atoms with E-state index in [1.54, 1.807) is 0 Å². The Morgan fingerprint density at radius 3 is 2.35 bits per heavy atom. The van der Waals surface area contributed by atoms with Crippen molar-refractivity contribution >= 4 is 28.1 Å². The Bertz CT molecular complexity index is 989. The van der Waals surface area contributed by atoms with Gasteiger partial charge in [-0.05, 0) is 72.5 Å². The van der Waals surface area contributed by atoms with Crippen molar-refractivity contribution < 1.29 is 0 Å². The summed E-state index contributed by atoms with van der Waals surface area (Å²) in [6, 6.07) is 23.2. The first-order chi connectivity index (χ1) is 12.7. The molecule has 0 amide bonds. The molecule has 0 bridgehead atoms. The number of nitrogens with zero attached hydrogens (tertiary/aromatic N) is 2. The van der Waals surface area contributed by atoms with Crippen LogP contribution in [0.4, 0.5) is 5.69 Å². The Morgan fingerprint density at radius 2 is 1.69 bits per heavy atom. The second-order valence-electron chi connectivity index (χ2n) is 6.44. The lowest BCUT2D eigenvalue weighted by molar-refractivity contribution is 0.865. The van der Waals surface area contributed by atoms with Gasteiger partial charge in [0.25, 0.3) is 0 Å². The van der Waals surface area contributed by atoms with Crippen LogP contribution < -0.4 is 4.90 Å². The molecule has 0 unspecified atom stereocenters. The zero-order valence-corrected chi connectivity index (χ0v) is 15.7. The third kappa shape index (κ3) is 3.63. The van der Waals surface area contributed by atoms with Gasteiger partial charge in [-0.25, -0.2) is 0 Å². The van der Waals surface area contributed by atoms with Crippen LogP contribution in [0, 0.1) is 18.3 Å². The number of anilines is 1. The minimum atomic E-state index is 0.689. The lowest BCUT2D eigenvalue weighted by Crippen LogP contribution is -2.21. The highest BCUT2D eigenvalue weighted by Gasteiger charge is 2.07. The number of hydrogen-bond acceptors (Lipinski definition) is 2. The fourth-order valence-corrected chi connectivity index (χ4v) is 3.30. The molecule has 3 aromatic rings. The minimum absolute atomic E-state index is 0.689. The highest BCUT2D eigenvalue weighted by Crippen LogP contribution is 2.26. The molecule has 2 nitrogen and oxygen atoms in total. The third-order valence-corrected chi connectivity index (χ3v) is 4.86. The van der Waals surface area contributed by atoms with E-state index in [4.69, 9.17) is 0 Å². The Hall–Kier alpha value is -3.05. The molecule has 0 aliphatic carbocycles. The molecule has 130 valence electrons. The first-order valence-corrected chi connectivity index (χ1v) is 9.12. The van der Waals surface area contributed by atoms with Gasteiger partial charge in [-0.2, -0.15) is 5.26 Å². The average molecular weight is 340 g/mol. The molecule has 3 aromatic carbocycles. The van der Waals surface area contributed by atoms with Crippen LogP contribution in [0.3, 0.4) is 0 Å². The maximum atomic E-state index is 9.70. The summed E-state index contributed by atoms with van der Waals surface area (Å²) in [7, 11) is 0. The van der Waals surface area contributed by atoms with E-state index in [-0.39, 0.29) is 0 Å². The first-order valence-electron chi connectivity index (χ1n) is 9.12. The Morgan fingerprint density at radius 1 is 0.962 bits per heavy atom. The second kappa shape index (κ2) is 7.89. The number of hydrogen-bond donors (Lipinski definition) is 0. The van der Waals surface area contributed by atoms with Crippen LogP contribution in [0.5, 0.6) is 0 Å². The fourth-order valence-electron chi connectivity index (χ4n) is 3.30. The number of rotatable bonds is 5. The summed E-state index contributed by atoms with van der Waals surface area (Å²) in [5, 5.41) is 12.0. The molecule has 0 heterocycles. The molecule has 3 rings (SSSR count). The number of allylic oxidation sites excluding steroid dienone is 1. The van der Waals surface area contributed by atoms with Gasteiger partial charge in [0.15, 0.2) is 0 Å². The predicted molar refractivity (Wildman–Crippen MR) is 112 cm³/mol. The normalized spacial score (nSPS) is 11.4. The van der Waals surface area contributed by atoms with Crippen molar-refractivity contribution in [3.05, 3.63) is 77.4 Å². The monoisotopic (exact) mass is 340 g/mol. The van der Waals surface area contributed by atoms with E-state index in [0.717, 1.165) is 29.6 Å². The van der Waals surface area contributed by atoms with Crippen LogP contribution in [0.15, 0.2) is 60.7 Å². The number of aryl methyl sites for hydroxylation is 1. The molecule has 0 aromatic heterocycles. The number of benzene rings is 3. The molecule has 0 aliphatic rings.